The average Bonchev–Trinajstić information content (AvgIpc) is 2.52. The molecule has 3 rings (SSSR count). The molecule has 1 atom stereocenters. The van der Waals surface area contributed by atoms with Gasteiger partial charge >= 0.3 is 6.03 Å². The summed E-state index contributed by atoms with van der Waals surface area (Å²) in [6.07, 6.45) is 4.76. The third-order valence-electron chi connectivity index (χ3n) is 4.01. The summed E-state index contributed by atoms with van der Waals surface area (Å²) in [6.45, 7) is 3.72. The Morgan fingerprint density at radius 1 is 1.32 bits per heavy atom. The van der Waals surface area contributed by atoms with E-state index in [0.29, 0.717) is 5.82 Å². The summed E-state index contributed by atoms with van der Waals surface area (Å²) in [5.41, 5.74) is 0.986. The molecule has 0 radical (unpaired) electrons. The van der Waals surface area contributed by atoms with E-state index in [9.17, 15) is 9.59 Å². The molecule has 0 aromatic carbocycles. The van der Waals surface area contributed by atoms with Gasteiger partial charge in [-0.3, -0.25) is 4.79 Å². The number of nitrogens with zero attached hydrogens (tertiary/aromatic N) is 3. The van der Waals surface area contributed by atoms with Gasteiger partial charge in [0, 0.05) is 12.2 Å². The van der Waals surface area contributed by atoms with E-state index in [4.69, 9.17) is 0 Å². The highest BCUT2D eigenvalue weighted by atomic mass is 16.2. The number of anilines is 1. The van der Waals surface area contributed by atoms with E-state index in [1.165, 1.54) is 4.90 Å². The largest absolute Gasteiger partial charge is 0.333 e. The van der Waals surface area contributed by atoms with Crippen LogP contribution in [0.4, 0.5) is 10.6 Å². The van der Waals surface area contributed by atoms with Gasteiger partial charge in [-0.2, -0.15) is 0 Å². The van der Waals surface area contributed by atoms with Crippen LogP contribution in [0.25, 0.3) is 0 Å². The minimum atomic E-state index is -0.375. The number of aryl methyl sites for hydroxylation is 1. The first kappa shape index (κ1) is 12.1. The van der Waals surface area contributed by atoms with Gasteiger partial charge in [0.1, 0.15) is 11.9 Å². The van der Waals surface area contributed by atoms with Gasteiger partial charge in [0.25, 0.3) is 5.91 Å². The number of pyridine rings is 1. The number of urea groups is 1. The molecule has 1 aliphatic carbocycles. The summed E-state index contributed by atoms with van der Waals surface area (Å²) in [5, 5.41) is 0. The fourth-order valence-electron chi connectivity index (χ4n) is 2.67. The molecule has 1 aromatic rings. The van der Waals surface area contributed by atoms with Gasteiger partial charge < -0.3 is 4.90 Å². The lowest BCUT2D eigenvalue weighted by atomic mass is 9.91. The Balaban J connectivity index is 1.94. The van der Waals surface area contributed by atoms with Crippen LogP contribution >= 0.6 is 0 Å². The van der Waals surface area contributed by atoms with Gasteiger partial charge in [-0.05, 0) is 50.8 Å². The van der Waals surface area contributed by atoms with Crippen molar-refractivity contribution in [2.45, 2.75) is 45.2 Å². The van der Waals surface area contributed by atoms with E-state index in [-0.39, 0.29) is 24.0 Å². The second kappa shape index (κ2) is 4.33. The highest BCUT2D eigenvalue weighted by Gasteiger charge is 2.48. The minimum Gasteiger partial charge on any atom is -0.309 e. The lowest BCUT2D eigenvalue weighted by Gasteiger charge is -2.35. The molecule has 5 nitrogen and oxygen atoms in total. The van der Waals surface area contributed by atoms with Crippen molar-refractivity contribution in [1.82, 2.24) is 9.88 Å². The summed E-state index contributed by atoms with van der Waals surface area (Å²) in [5.74, 6) is 0.263. The molecule has 1 aromatic heterocycles. The maximum absolute atomic E-state index is 12.5. The molecule has 3 amide bonds. The van der Waals surface area contributed by atoms with Gasteiger partial charge in [-0.15, -0.1) is 0 Å². The molecule has 19 heavy (non-hydrogen) atoms. The average molecular weight is 259 g/mol. The van der Waals surface area contributed by atoms with Crippen LogP contribution in [-0.2, 0) is 4.79 Å². The summed E-state index contributed by atoms with van der Waals surface area (Å²) in [4.78, 5) is 31.9. The number of imide groups is 1. The van der Waals surface area contributed by atoms with Crippen molar-refractivity contribution in [1.29, 1.82) is 0 Å². The van der Waals surface area contributed by atoms with Crippen molar-refractivity contribution >= 4 is 17.8 Å². The first-order chi connectivity index (χ1) is 9.09. The Labute approximate surface area is 112 Å². The fraction of sp³-hybridized carbons (Fsp3) is 0.500. The summed E-state index contributed by atoms with van der Waals surface area (Å²) < 4.78 is 0. The van der Waals surface area contributed by atoms with Crippen LogP contribution in [0.2, 0.25) is 0 Å². The monoisotopic (exact) mass is 259 g/mol. The standard InChI is InChI=1S/C14H17N3O2/c1-9-6-7-15-12(8-9)17-13(18)10(2)16(14(17)19)11-4-3-5-11/h6-8,10-11H,3-5H2,1-2H3/t10-/m1/s1. The number of carbonyl (C=O) groups is 2. The molecule has 2 heterocycles. The van der Waals surface area contributed by atoms with Gasteiger partial charge in [-0.25, -0.2) is 14.7 Å². The van der Waals surface area contributed by atoms with Crippen molar-refractivity contribution in [2.24, 2.45) is 0 Å². The van der Waals surface area contributed by atoms with Gasteiger partial charge in [0.15, 0.2) is 0 Å². The summed E-state index contributed by atoms with van der Waals surface area (Å²) in [6, 6.07) is 3.25. The van der Waals surface area contributed by atoms with Crippen LogP contribution in [0.1, 0.15) is 31.7 Å². The second-order valence-corrected chi connectivity index (χ2v) is 5.32. The lowest BCUT2D eigenvalue weighted by molar-refractivity contribution is -0.119. The molecule has 0 unspecified atom stereocenters. The van der Waals surface area contributed by atoms with Gasteiger partial charge in [-0.1, -0.05) is 0 Å². The van der Waals surface area contributed by atoms with E-state index in [0.717, 1.165) is 24.8 Å². The molecule has 1 saturated heterocycles. The lowest BCUT2D eigenvalue weighted by Crippen LogP contribution is -2.46. The molecule has 1 aliphatic heterocycles. The predicted molar refractivity (Wildman–Crippen MR) is 70.8 cm³/mol. The Morgan fingerprint density at radius 3 is 2.63 bits per heavy atom. The number of hydrogen-bond donors (Lipinski definition) is 0. The molecule has 2 fully saturated rings. The SMILES string of the molecule is Cc1ccnc(N2C(=O)[C@@H](C)N(C3CCC3)C2=O)c1. The number of hydrogen-bond acceptors (Lipinski definition) is 3. The minimum absolute atomic E-state index is 0.171. The third kappa shape index (κ3) is 1.80. The summed E-state index contributed by atoms with van der Waals surface area (Å²) in [7, 11) is 0. The van der Waals surface area contributed by atoms with E-state index < -0.39 is 0 Å². The van der Waals surface area contributed by atoms with Crippen LogP contribution < -0.4 is 4.90 Å². The number of aromatic nitrogens is 1. The highest BCUT2D eigenvalue weighted by molar-refractivity contribution is 6.20. The van der Waals surface area contributed by atoms with Crippen molar-refractivity contribution < 1.29 is 9.59 Å². The van der Waals surface area contributed by atoms with Crippen LogP contribution in [0.3, 0.4) is 0 Å². The zero-order chi connectivity index (χ0) is 13.6. The van der Waals surface area contributed by atoms with Crippen LogP contribution in [0.5, 0.6) is 0 Å². The predicted octanol–water partition coefficient (Wildman–Crippen LogP) is 2.10. The van der Waals surface area contributed by atoms with Gasteiger partial charge in [0.05, 0.1) is 0 Å². The molecule has 0 bridgehead atoms. The van der Waals surface area contributed by atoms with Crippen molar-refractivity contribution in [3.63, 3.8) is 0 Å². The quantitative estimate of drug-likeness (QED) is 0.764. The molecule has 5 heteroatoms. The van der Waals surface area contributed by atoms with E-state index in [1.54, 1.807) is 24.1 Å². The van der Waals surface area contributed by atoms with Crippen molar-refractivity contribution in [3.05, 3.63) is 23.9 Å². The van der Waals surface area contributed by atoms with Gasteiger partial charge in [0.2, 0.25) is 0 Å². The zero-order valence-electron chi connectivity index (χ0n) is 11.2. The molecule has 2 aliphatic rings. The highest BCUT2D eigenvalue weighted by Crippen LogP contribution is 2.33. The van der Waals surface area contributed by atoms with E-state index >= 15 is 0 Å². The van der Waals surface area contributed by atoms with Crippen molar-refractivity contribution in [3.8, 4) is 0 Å². The Bertz CT molecular complexity index is 539. The maximum Gasteiger partial charge on any atom is 0.333 e. The Morgan fingerprint density at radius 2 is 2.05 bits per heavy atom. The fourth-order valence-corrected chi connectivity index (χ4v) is 2.67. The topological polar surface area (TPSA) is 53.5 Å². The molecule has 100 valence electrons. The first-order valence-corrected chi connectivity index (χ1v) is 6.68. The van der Waals surface area contributed by atoms with Crippen LogP contribution in [0.15, 0.2) is 18.3 Å². The first-order valence-electron chi connectivity index (χ1n) is 6.68. The smallest absolute Gasteiger partial charge is 0.309 e. The molecule has 0 spiro atoms. The molecular formula is C14H17N3O2. The maximum atomic E-state index is 12.5. The second-order valence-electron chi connectivity index (χ2n) is 5.32. The summed E-state index contributed by atoms with van der Waals surface area (Å²) >= 11 is 0. The third-order valence-corrected chi connectivity index (χ3v) is 4.01. The number of carbonyl (C=O) groups excluding carboxylic acids is 2. The zero-order valence-corrected chi connectivity index (χ0v) is 11.2. The van der Waals surface area contributed by atoms with Crippen LogP contribution in [-0.4, -0.2) is 33.9 Å². The number of amides is 3. The number of rotatable bonds is 2. The molecule has 0 N–H and O–H groups in total. The van der Waals surface area contributed by atoms with Crippen molar-refractivity contribution in [2.75, 3.05) is 4.90 Å². The molecule has 1 saturated carbocycles. The van der Waals surface area contributed by atoms with E-state index in [2.05, 4.69) is 4.98 Å². The Hall–Kier alpha value is -1.91. The van der Waals surface area contributed by atoms with E-state index in [1.807, 2.05) is 13.0 Å². The normalized spacial score (nSPS) is 24.0. The van der Waals surface area contributed by atoms with Crippen LogP contribution in [0, 0.1) is 6.92 Å². The Kier molecular flexibility index (Phi) is 2.77. The molecular weight excluding hydrogens is 242 g/mol.